The van der Waals surface area contributed by atoms with Crippen LogP contribution in [0.4, 0.5) is 0 Å². The molecule has 0 rings (SSSR count). The SMILES string of the molecule is CCCCCCCOC(CCC=COCOCCCC)OCCCCCCC. The Morgan fingerprint density at radius 2 is 1.21 bits per heavy atom. The van der Waals surface area contributed by atoms with Crippen LogP contribution in [0.3, 0.4) is 0 Å². The Morgan fingerprint density at radius 1 is 0.643 bits per heavy atom. The molecular formula is C24H48O4. The quantitative estimate of drug-likeness (QED) is 0.102. The average molecular weight is 401 g/mol. The van der Waals surface area contributed by atoms with Crippen LogP contribution in [0.15, 0.2) is 12.3 Å². The van der Waals surface area contributed by atoms with E-state index in [9.17, 15) is 0 Å². The van der Waals surface area contributed by atoms with Gasteiger partial charge in [-0.25, -0.2) is 0 Å². The van der Waals surface area contributed by atoms with Crippen LogP contribution in [0.2, 0.25) is 0 Å². The van der Waals surface area contributed by atoms with Crippen LogP contribution in [0.5, 0.6) is 0 Å². The molecule has 0 aliphatic heterocycles. The molecule has 0 radical (unpaired) electrons. The molecule has 0 aromatic heterocycles. The molecule has 0 bridgehead atoms. The van der Waals surface area contributed by atoms with E-state index < -0.39 is 0 Å². The van der Waals surface area contributed by atoms with Gasteiger partial charge in [0.05, 0.1) is 12.9 Å². The number of unbranched alkanes of at least 4 members (excludes halogenated alkanes) is 9. The zero-order chi connectivity index (χ0) is 20.5. The summed E-state index contributed by atoms with van der Waals surface area (Å²) >= 11 is 0. The van der Waals surface area contributed by atoms with Crippen molar-refractivity contribution in [3.05, 3.63) is 12.3 Å². The molecule has 0 spiro atoms. The highest BCUT2D eigenvalue weighted by Gasteiger charge is 2.08. The zero-order valence-corrected chi connectivity index (χ0v) is 19.1. The Labute approximate surface area is 175 Å². The van der Waals surface area contributed by atoms with E-state index in [1.165, 1.54) is 51.4 Å². The van der Waals surface area contributed by atoms with Crippen molar-refractivity contribution in [1.29, 1.82) is 0 Å². The van der Waals surface area contributed by atoms with Gasteiger partial charge in [0.1, 0.15) is 0 Å². The molecule has 168 valence electrons. The zero-order valence-electron chi connectivity index (χ0n) is 19.1. The van der Waals surface area contributed by atoms with E-state index in [1.54, 1.807) is 6.26 Å². The third kappa shape index (κ3) is 21.7. The molecule has 0 saturated carbocycles. The van der Waals surface area contributed by atoms with Gasteiger partial charge in [0, 0.05) is 19.6 Å². The lowest BCUT2D eigenvalue weighted by Crippen LogP contribution is -2.18. The number of hydrogen-bond donors (Lipinski definition) is 0. The fraction of sp³-hybridized carbons (Fsp3) is 0.917. The van der Waals surface area contributed by atoms with Crippen LogP contribution in [-0.4, -0.2) is 32.9 Å². The molecule has 0 aliphatic carbocycles. The van der Waals surface area contributed by atoms with Crippen molar-refractivity contribution in [1.82, 2.24) is 0 Å². The molecule has 0 fully saturated rings. The smallest absolute Gasteiger partial charge is 0.188 e. The second-order valence-electron chi connectivity index (χ2n) is 7.50. The van der Waals surface area contributed by atoms with Gasteiger partial charge in [0.2, 0.25) is 0 Å². The fourth-order valence-electron chi connectivity index (χ4n) is 2.82. The minimum absolute atomic E-state index is 0.0946. The molecule has 0 amide bonds. The van der Waals surface area contributed by atoms with Gasteiger partial charge in [-0.3, -0.25) is 0 Å². The van der Waals surface area contributed by atoms with Crippen LogP contribution < -0.4 is 0 Å². The summed E-state index contributed by atoms with van der Waals surface area (Å²) in [6, 6.07) is 0. The maximum absolute atomic E-state index is 6.00. The molecule has 0 heterocycles. The fourth-order valence-corrected chi connectivity index (χ4v) is 2.82. The topological polar surface area (TPSA) is 36.9 Å². The lowest BCUT2D eigenvalue weighted by Gasteiger charge is -2.18. The molecule has 0 aliphatic rings. The van der Waals surface area contributed by atoms with Crippen LogP contribution in [0.1, 0.15) is 111 Å². The van der Waals surface area contributed by atoms with E-state index in [1.807, 2.05) is 6.08 Å². The van der Waals surface area contributed by atoms with Gasteiger partial charge >= 0.3 is 0 Å². The number of rotatable bonds is 23. The van der Waals surface area contributed by atoms with Crippen molar-refractivity contribution in [2.75, 3.05) is 26.6 Å². The summed E-state index contributed by atoms with van der Waals surface area (Å²) in [6.45, 7) is 9.35. The third-order valence-electron chi connectivity index (χ3n) is 4.66. The summed E-state index contributed by atoms with van der Waals surface area (Å²) in [5.41, 5.74) is 0. The van der Waals surface area contributed by atoms with Crippen molar-refractivity contribution >= 4 is 0 Å². The monoisotopic (exact) mass is 400 g/mol. The molecule has 0 aromatic carbocycles. The normalized spacial score (nSPS) is 11.7. The van der Waals surface area contributed by atoms with E-state index >= 15 is 0 Å². The maximum Gasteiger partial charge on any atom is 0.188 e. The lowest BCUT2D eigenvalue weighted by atomic mass is 10.2. The molecule has 28 heavy (non-hydrogen) atoms. The highest BCUT2D eigenvalue weighted by Crippen LogP contribution is 2.10. The van der Waals surface area contributed by atoms with Crippen molar-refractivity contribution in [2.24, 2.45) is 0 Å². The summed E-state index contributed by atoms with van der Waals surface area (Å²) in [7, 11) is 0. The summed E-state index contributed by atoms with van der Waals surface area (Å²) in [4.78, 5) is 0. The van der Waals surface area contributed by atoms with Gasteiger partial charge < -0.3 is 18.9 Å². The van der Waals surface area contributed by atoms with Crippen LogP contribution >= 0.6 is 0 Å². The number of ether oxygens (including phenoxy) is 4. The first kappa shape index (κ1) is 27.4. The lowest BCUT2D eigenvalue weighted by molar-refractivity contribution is -0.146. The standard InChI is InChI=1S/C24H48O4/c1-4-7-10-12-15-21-27-24(28-22-16-13-11-8-5-2)18-14-17-20-26-23-25-19-9-6-3/h17,20,24H,4-16,18-19,21-23H2,1-3H3. The van der Waals surface area contributed by atoms with Crippen molar-refractivity contribution in [2.45, 2.75) is 117 Å². The Balaban J connectivity index is 3.87. The van der Waals surface area contributed by atoms with E-state index in [-0.39, 0.29) is 6.29 Å². The first-order chi connectivity index (χ1) is 13.8. The molecular weight excluding hydrogens is 352 g/mol. The second kappa shape index (κ2) is 24.5. The van der Waals surface area contributed by atoms with Crippen molar-refractivity contribution in [3.8, 4) is 0 Å². The van der Waals surface area contributed by atoms with Crippen LogP contribution in [0, 0.1) is 0 Å². The minimum Gasteiger partial charge on any atom is -0.475 e. The van der Waals surface area contributed by atoms with Crippen LogP contribution in [0.25, 0.3) is 0 Å². The van der Waals surface area contributed by atoms with E-state index in [0.717, 1.165) is 58.3 Å². The van der Waals surface area contributed by atoms with Gasteiger partial charge in [0.15, 0.2) is 13.1 Å². The van der Waals surface area contributed by atoms with E-state index in [4.69, 9.17) is 18.9 Å². The van der Waals surface area contributed by atoms with E-state index in [0.29, 0.717) is 6.79 Å². The summed E-state index contributed by atoms with van der Waals surface area (Å²) in [6.07, 6.45) is 20.3. The minimum atomic E-state index is -0.0946. The average Bonchev–Trinajstić information content (AvgIpc) is 2.71. The van der Waals surface area contributed by atoms with Crippen molar-refractivity contribution in [3.63, 3.8) is 0 Å². The Morgan fingerprint density at radius 3 is 1.79 bits per heavy atom. The molecule has 4 nitrogen and oxygen atoms in total. The summed E-state index contributed by atoms with van der Waals surface area (Å²) < 4.78 is 22.7. The van der Waals surface area contributed by atoms with Gasteiger partial charge in [-0.1, -0.05) is 78.6 Å². The maximum atomic E-state index is 6.00. The molecule has 0 saturated heterocycles. The van der Waals surface area contributed by atoms with Gasteiger partial charge in [-0.15, -0.1) is 0 Å². The second-order valence-corrected chi connectivity index (χ2v) is 7.50. The predicted molar refractivity (Wildman–Crippen MR) is 118 cm³/mol. The first-order valence-electron chi connectivity index (χ1n) is 11.9. The van der Waals surface area contributed by atoms with Crippen molar-refractivity contribution < 1.29 is 18.9 Å². The van der Waals surface area contributed by atoms with Gasteiger partial charge in [-0.2, -0.15) is 0 Å². The van der Waals surface area contributed by atoms with E-state index in [2.05, 4.69) is 20.8 Å². The Kier molecular flexibility index (Phi) is 24.0. The van der Waals surface area contributed by atoms with Gasteiger partial charge in [0.25, 0.3) is 0 Å². The molecule has 0 N–H and O–H groups in total. The Hall–Kier alpha value is -0.580. The van der Waals surface area contributed by atoms with Crippen LogP contribution in [-0.2, 0) is 18.9 Å². The largest absolute Gasteiger partial charge is 0.475 e. The molecule has 0 atom stereocenters. The highest BCUT2D eigenvalue weighted by molar-refractivity contribution is 4.73. The highest BCUT2D eigenvalue weighted by atomic mass is 16.7. The number of hydrogen-bond acceptors (Lipinski definition) is 4. The summed E-state index contributed by atoms with van der Waals surface area (Å²) in [5, 5.41) is 0. The molecule has 4 heteroatoms. The third-order valence-corrected chi connectivity index (χ3v) is 4.66. The molecule has 0 aromatic rings. The summed E-state index contributed by atoms with van der Waals surface area (Å²) in [5.74, 6) is 0. The molecule has 0 unspecified atom stereocenters. The Bertz CT molecular complexity index is 291. The predicted octanol–water partition coefficient (Wildman–Crippen LogP) is 7.37. The van der Waals surface area contributed by atoms with Gasteiger partial charge in [-0.05, 0) is 31.8 Å². The number of allylic oxidation sites excluding steroid dienone is 1. The first-order valence-corrected chi connectivity index (χ1v) is 11.9.